The fourth-order valence-corrected chi connectivity index (χ4v) is 3.18. The molecule has 24 heavy (non-hydrogen) atoms. The van der Waals surface area contributed by atoms with Crippen LogP contribution in [0.15, 0.2) is 48.5 Å². The number of carbonyl (C=O) groups excluding carboxylic acids is 1. The zero-order chi connectivity index (χ0) is 16.8. The third-order valence-electron chi connectivity index (χ3n) is 4.25. The zero-order valence-corrected chi connectivity index (χ0v) is 12.8. The average molecular weight is 322 g/mol. The van der Waals surface area contributed by atoms with Crippen molar-refractivity contribution >= 4 is 16.7 Å². The number of esters is 1. The van der Waals surface area contributed by atoms with Gasteiger partial charge < -0.3 is 19.7 Å². The summed E-state index contributed by atoms with van der Waals surface area (Å²) >= 11 is 0. The summed E-state index contributed by atoms with van der Waals surface area (Å²) in [6.45, 7) is 0. The van der Waals surface area contributed by atoms with Gasteiger partial charge in [0.2, 0.25) is 6.29 Å². The number of hydrogen-bond acceptors (Lipinski definition) is 5. The van der Waals surface area contributed by atoms with Crippen LogP contribution in [0.4, 0.5) is 0 Å². The molecule has 3 aromatic rings. The van der Waals surface area contributed by atoms with Crippen LogP contribution >= 0.6 is 0 Å². The highest BCUT2D eigenvalue weighted by Gasteiger charge is 2.32. The summed E-state index contributed by atoms with van der Waals surface area (Å²) in [6.07, 6.45) is -0.926. The summed E-state index contributed by atoms with van der Waals surface area (Å²) in [5.41, 5.74) is 2.43. The lowest BCUT2D eigenvalue weighted by Gasteiger charge is -2.26. The van der Waals surface area contributed by atoms with E-state index < -0.39 is 12.3 Å². The van der Waals surface area contributed by atoms with Gasteiger partial charge in [-0.05, 0) is 23.3 Å². The van der Waals surface area contributed by atoms with Gasteiger partial charge in [-0.3, -0.25) is 0 Å². The van der Waals surface area contributed by atoms with Gasteiger partial charge in [-0.2, -0.15) is 0 Å². The summed E-state index contributed by atoms with van der Waals surface area (Å²) in [5, 5.41) is 21.6. The van der Waals surface area contributed by atoms with Crippen molar-refractivity contribution in [3.05, 3.63) is 59.7 Å². The number of phenols is 2. The number of phenolic OH excluding ortho intramolecular Hbond substituents is 2. The second-order valence-corrected chi connectivity index (χ2v) is 5.58. The highest BCUT2D eigenvalue weighted by molar-refractivity contribution is 6.14. The Kier molecular flexibility index (Phi) is 3.18. The van der Waals surface area contributed by atoms with Crippen LogP contribution in [0.2, 0.25) is 0 Å². The lowest BCUT2D eigenvalue weighted by atomic mass is 9.90. The van der Waals surface area contributed by atoms with Crippen LogP contribution in [-0.2, 0) is 9.47 Å². The van der Waals surface area contributed by atoms with E-state index >= 15 is 0 Å². The smallest absolute Gasteiger partial charge is 0.341 e. The number of carbonyl (C=O) groups is 1. The summed E-state index contributed by atoms with van der Waals surface area (Å²) in [5.74, 6) is -1.07. The van der Waals surface area contributed by atoms with Gasteiger partial charge in [0, 0.05) is 23.4 Å². The molecule has 1 aliphatic heterocycles. The molecule has 1 aliphatic rings. The first-order valence-electron chi connectivity index (χ1n) is 7.42. The minimum atomic E-state index is -0.926. The highest BCUT2D eigenvalue weighted by atomic mass is 16.7. The molecule has 1 unspecified atom stereocenters. The Hall–Kier alpha value is -3.05. The van der Waals surface area contributed by atoms with Gasteiger partial charge in [-0.1, -0.05) is 36.4 Å². The van der Waals surface area contributed by atoms with Crippen molar-refractivity contribution in [1.82, 2.24) is 0 Å². The molecule has 0 saturated heterocycles. The van der Waals surface area contributed by atoms with Crippen molar-refractivity contribution in [3.8, 4) is 22.6 Å². The second-order valence-electron chi connectivity index (χ2n) is 5.58. The molecule has 0 bridgehead atoms. The van der Waals surface area contributed by atoms with Crippen LogP contribution < -0.4 is 0 Å². The second kappa shape index (κ2) is 5.25. The number of rotatable bonds is 2. The molecule has 120 valence electrons. The minimum absolute atomic E-state index is 0.265. The number of aromatic hydroxyl groups is 2. The van der Waals surface area contributed by atoms with Crippen molar-refractivity contribution in [2.75, 3.05) is 7.11 Å². The number of benzene rings is 3. The maximum atomic E-state index is 12.2. The van der Waals surface area contributed by atoms with Crippen LogP contribution in [0.25, 0.3) is 21.9 Å². The Morgan fingerprint density at radius 2 is 1.71 bits per heavy atom. The predicted octanol–water partition coefficient (Wildman–Crippen LogP) is 3.73. The SMILES string of the molecule is COC1OC(=O)c2ccc(-c3ccccc3)c3c(O)c(O)cc1c23. The van der Waals surface area contributed by atoms with E-state index in [0.29, 0.717) is 27.5 Å². The molecule has 0 spiro atoms. The lowest BCUT2D eigenvalue weighted by molar-refractivity contribution is -0.0940. The Labute approximate surface area is 137 Å². The van der Waals surface area contributed by atoms with E-state index in [1.54, 1.807) is 12.1 Å². The quantitative estimate of drug-likeness (QED) is 0.555. The molecule has 0 aromatic heterocycles. The maximum absolute atomic E-state index is 12.2. The first-order chi connectivity index (χ1) is 11.6. The van der Waals surface area contributed by atoms with Crippen LogP contribution in [0, 0.1) is 0 Å². The van der Waals surface area contributed by atoms with Crippen molar-refractivity contribution in [1.29, 1.82) is 0 Å². The maximum Gasteiger partial charge on any atom is 0.341 e. The van der Waals surface area contributed by atoms with Gasteiger partial charge in [0.15, 0.2) is 11.5 Å². The molecule has 4 rings (SSSR count). The van der Waals surface area contributed by atoms with Crippen molar-refractivity contribution in [2.24, 2.45) is 0 Å². The van der Waals surface area contributed by atoms with Gasteiger partial charge in [-0.25, -0.2) is 4.79 Å². The molecule has 5 nitrogen and oxygen atoms in total. The topological polar surface area (TPSA) is 76.0 Å². The Bertz CT molecular complexity index is 963. The highest BCUT2D eigenvalue weighted by Crippen LogP contribution is 2.47. The van der Waals surface area contributed by atoms with Crippen molar-refractivity contribution < 1.29 is 24.5 Å². The Morgan fingerprint density at radius 1 is 1.00 bits per heavy atom. The Balaban J connectivity index is 2.17. The molecule has 0 fully saturated rings. The molecule has 0 radical (unpaired) electrons. The van der Waals surface area contributed by atoms with Crippen LogP contribution in [0.1, 0.15) is 22.2 Å². The minimum Gasteiger partial charge on any atom is -0.504 e. The molecule has 2 N–H and O–H groups in total. The first-order valence-corrected chi connectivity index (χ1v) is 7.42. The van der Waals surface area contributed by atoms with Gasteiger partial charge in [0.1, 0.15) is 0 Å². The summed E-state index contributed by atoms with van der Waals surface area (Å²) in [6, 6.07) is 14.2. The molecule has 3 aromatic carbocycles. The van der Waals surface area contributed by atoms with E-state index in [1.807, 2.05) is 30.3 Å². The van der Waals surface area contributed by atoms with Crippen molar-refractivity contribution in [2.45, 2.75) is 6.29 Å². The molecule has 1 heterocycles. The largest absolute Gasteiger partial charge is 0.504 e. The number of cyclic esters (lactones) is 1. The average Bonchev–Trinajstić information content (AvgIpc) is 2.62. The third kappa shape index (κ3) is 1.95. The summed E-state index contributed by atoms with van der Waals surface area (Å²) in [7, 11) is 1.42. The van der Waals surface area contributed by atoms with Crippen LogP contribution in [-0.4, -0.2) is 23.3 Å². The monoisotopic (exact) mass is 322 g/mol. The standard InChI is InChI=1S/C19H14O5/c1-23-19-13-9-14(20)17(21)16-11(10-5-3-2-4-6-10)7-8-12(15(13)16)18(22)24-19/h2-9,19-21H,1H3. The first kappa shape index (κ1) is 14.5. The fourth-order valence-electron chi connectivity index (χ4n) is 3.18. The molecular weight excluding hydrogens is 308 g/mol. The van der Waals surface area contributed by atoms with Gasteiger partial charge >= 0.3 is 5.97 Å². The van der Waals surface area contributed by atoms with E-state index in [1.165, 1.54) is 13.2 Å². The fraction of sp³-hybridized carbons (Fsp3) is 0.105. The summed E-state index contributed by atoms with van der Waals surface area (Å²) < 4.78 is 10.5. The van der Waals surface area contributed by atoms with Crippen molar-refractivity contribution in [3.63, 3.8) is 0 Å². The van der Waals surface area contributed by atoms with Crippen LogP contribution in [0.3, 0.4) is 0 Å². The predicted molar refractivity (Wildman–Crippen MR) is 87.9 cm³/mol. The Morgan fingerprint density at radius 3 is 2.42 bits per heavy atom. The van der Waals surface area contributed by atoms with Gasteiger partial charge in [0.25, 0.3) is 0 Å². The summed E-state index contributed by atoms with van der Waals surface area (Å²) in [4.78, 5) is 12.2. The van der Waals surface area contributed by atoms with E-state index in [4.69, 9.17) is 9.47 Å². The molecule has 1 atom stereocenters. The molecule has 0 aliphatic carbocycles. The molecule has 5 heteroatoms. The molecule has 0 saturated carbocycles. The number of ether oxygens (including phenoxy) is 2. The molecular formula is C19H14O5. The van der Waals surface area contributed by atoms with E-state index in [9.17, 15) is 15.0 Å². The normalized spacial score (nSPS) is 16.2. The van der Waals surface area contributed by atoms with Gasteiger partial charge in [-0.15, -0.1) is 0 Å². The third-order valence-corrected chi connectivity index (χ3v) is 4.25. The van der Waals surface area contributed by atoms with E-state index in [0.717, 1.165) is 5.56 Å². The number of hydrogen-bond donors (Lipinski definition) is 2. The van der Waals surface area contributed by atoms with Crippen LogP contribution in [0.5, 0.6) is 11.5 Å². The zero-order valence-electron chi connectivity index (χ0n) is 12.8. The van der Waals surface area contributed by atoms with E-state index in [2.05, 4.69) is 0 Å². The van der Waals surface area contributed by atoms with Gasteiger partial charge in [0.05, 0.1) is 5.56 Å². The van der Waals surface area contributed by atoms with E-state index in [-0.39, 0.29) is 11.5 Å². The molecule has 0 amide bonds. The number of methoxy groups -OCH3 is 1. The lowest BCUT2D eigenvalue weighted by Crippen LogP contribution is -2.19.